The van der Waals surface area contributed by atoms with Crippen LogP contribution in [-0.2, 0) is 0 Å². The summed E-state index contributed by atoms with van der Waals surface area (Å²) in [5.41, 5.74) is 0. The average molecular weight is 160 g/mol. The van der Waals surface area contributed by atoms with Crippen LogP contribution in [0.25, 0.3) is 0 Å². The molecule has 54 valence electrons. The molecule has 0 radical (unpaired) electrons. The van der Waals surface area contributed by atoms with Crippen LogP contribution in [0.15, 0.2) is 0 Å². The van der Waals surface area contributed by atoms with Crippen LogP contribution in [0.3, 0.4) is 0 Å². The molecule has 0 aromatic rings. The Labute approximate surface area is 60.7 Å². The van der Waals surface area contributed by atoms with Gasteiger partial charge in [-0.1, -0.05) is 19.6 Å². The van der Waals surface area contributed by atoms with Crippen molar-refractivity contribution < 1.29 is 0 Å². The van der Waals surface area contributed by atoms with Crippen LogP contribution in [0.1, 0.15) is 12.8 Å². The highest BCUT2D eigenvalue weighted by Gasteiger charge is 2.27. The minimum atomic E-state index is -0.659. The third-order valence-corrected chi connectivity index (χ3v) is 12.7. The van der Waals surface area contributed by atoms with Gasteiger partial charge in [0, 0.05) is 0 Å². The second-order valence-electron chi connectivity index (χ2n) is 3.86. The summed E-state index contributed by atoms with van der Waals surface area (Å²) in [5.74, 6) is 0. The van der Waals surface area contributed by atoms with Crippen LogP contribution >= 0.6 is 7.47 Å². The van der Waals surface area contributed by atoms with Gasteiger partial charge in [-0.15, -0.1) is 7.47 Å². The first kappa shape index (κ1) is 7.75. The minimum absolute atomic E-state index is 0.553. The molecule has 0 unspecified atom stereocenters. The SMILES string of the molecule is C[Si](C)(C)P1CCCC1. The summed E-state index contributed by atoms with van der Waals surface area (Å²) in [6, 6.07) is 0. The zero-order chi connectivity index (χ0) is 6.91. The fourth-order valence-electron chi connectivity index (χ4n) is 1.39. The van der Waals surface area contributed by atoms with Crippen molar-refractivity contribution in [3.63, 3.8) is 0 Å². The largest absolute Gasteiger partial charge is 0.119 e. The summed E-state index contributed by atoms with van der Waals surface area (Å²) in [6.45, 7) is 7.60. The molecule has 9 heavy (non-hydrogen) atoms. The van der Waals surface area contributed by atoms with Gasteiger partial charge in [-0.25, -0.2) is 0 Å². The lowest BCUT2D eigenvalue weighted by Crippen LogP contribution is -2.18. The summed E-state index contributed by atoms with van der Waals surface area (Å²) in [6.07, 6.45) is 6.28. The third-order valence-electron chi connectivity index (χ3n) is 2.05. The van der Waals surface area contributed by atoms with E-state index in [4.69, 9.17) is 0 Å². The van der Waals surface area contributed by atoms with E-state index in [1.165, 1.54) is 12.8 Å². The molecule has 0 aromatic heterocycles. The Morgan fingerprint density at radius 3 is 1.67 bits per heavy atom. The fourth-order valence-corrected chi connectivity index (χ4v) is 9.14. The van der Waals surface area contributed by atoms with Crippen LogP contribution in [0, 0.1) is 0 Å². The maximum absolute atomic E-state index is 2.53. The Morgan fingerprint density at radius 1 is 1.00 bits per heavy atom. The maximum atomic E-state index is 2.53. The molecule has 0 aliphatic carbocycles. The highest BCUT2D eigenvalue weighted by molar-refractivity contribution is 7.94. The molecule has 2 heteroatoms. The molecule has 0 spiro atoms. The van der Waals surface area contributed by atoms with Crippen molar-refractivity contribution in [1.82, 2.24) is 0 Å². The Kier molecular flexibility index (Phi) is 2.34. The Bertz CT molecular complexity index is 89.6. The zero-order valence-corrected chi connectivity index (χ0v) is 8.67. The van der Waals surface area contributed by atoms with Crippen molar-refractivity contribution in [2.75, 3.05) is 12.3 Å². The normalized spacial score (nSPS) is 23.0. The van der Waals surface area contributed by atoms with E-state index >= 15 is 0 Å². The maximum Gasteiger partial charge on any atom is 0.0719 e. The van der Waals surface area contributed by atoms with Crippen molar-refractivity contribution in [3.8, 4) is 0 Å². The van der Waals surface area contributed by atoms with Gasteiger partial charge in [-0.2, -0.15) is 0 Å². The Morgan fingerprint density at radius 2 is 1.44 bits per heavy atom. The molecule has 0 bridgehead atoms. The second kappa shape index (κ2) is 2.71. The average Bonchev–Trinajstić information content (AvgIpc) is 2.08. The van der Waals surface area contributed by atoms with Gasteiger partial charge >= 0.3 is 0 Å². The van der Waals surface area contributed by atoms with E-state index in [0.29, 0.717) is 7.47 Å². The van der Waals surface area contributed by atoms with E-state index < -0.39 is 7.74 Å². The molecule has 0 amide bonds. The highest BCUT2D eigenvalue weighted by Crippen LogP contribution is 2.51. The van der Waals surface area contributed by atoms with E-state index in [9.17, 15) is 0 Å². The van der Waals surface area contributed by atoms with Crippen LogP contribution in [-0.4, -0.2) is 20.1 Å². The van der Waals surface area contributed by atoms with Crippen LogP contribution in [0.5, 0.6) is 0 Å². The van der Waals surface area contributed by atoms with Gasteiger partial charge in [0.1, 0.15) is 0 Å². The molecule has 1 fully saturated rings. The highest BCUT2D eigenvalue weighted by atomic mass is 31.4. The van der Waals surface area contributed by atoms with Gasteiger partial charge in [0.05, 0.1) is 7.74 Å². The molecular formula is C7H17PSi. The molecule has 0 aromatic carbocycles. The standard InChI is InChI=1S/C7H17PSi/c1-9(2,3)8-6-4-5-7-8/h4-7H2,1-3H3. The molecule has 1 saturated heterocycles. The zero-order valence-electron chi connectivity index (χ0n) is 6.78. The summed E-state index contributed by atoms with van der Waals surface area (Å²) >= 11 is 0. The van der Waals surface area contributed by atoms with Crippen molar-refractivity contribution in [2.24, 2.45) is 0 Å². The number of hydrogen-bond acceptors (Lipinski definition) is 0. The summed E-state index contributed by atoms with van der Waals surface area (Å²) in [7, 11) is -0.107. The molecule has 0 nitrogen and oxygen atoms in total. The van der Waals surface area contributed by atoms with E-state index in [-0.39, 0.29) is 0 Å². The third kappa shape index (κ3) is 2.05. The first-order chi connectivity index (χ1) is 4.11. The minimum Gasteiger partial charge on any atom is -0.119 e. The van der Waals surface area contributed by atoms with E-state index in [2.05, 4.69) is 19.6 Å². The molecule has 0 atom stereocenters. The summed E-state index contributed by atoms with van der Waals surface area (Å²) in [5, 5.41) is 0. The predicted molar refractivity (Wildman–Crippen MR) is 49.2 cm³/mol. The lowest BCUT2D eigenvalue weighted by atomic mass is 10.4. The summed E-state index contributed by atoms with van der Waals surface area (Å²) in [4.78, 5) is 0. The van der Waals surface area contributed by atoms with Gasteiger partial charge < -0.3 is 0 Å². The molecule has 1 aliphatic rings. The topological polar surface area (TPSA) is 0 Å². The molecule has 1 aliphatic heterocycles. The first-order valence-corrected chi connectivity index (χ1v) is 9.91. The van der Waals surface area contributed by atoms with Crippen LogP contribution in [0.4, 0.5) is 0 Å². The Hall–Kier alpha value is 0.647. The van der Waals surface area contributed by atoms with Gasteiger partial charge in [0.2, 0.25) is 0 Å². The van der Waals surface area contributed by atoms with E-state index in [1.54, 1.807) is 12.3 Å². The van der Waals surface area contributed by atoms with Crippen molar-refractivity contribution >= 4 is 15.2 Å². The van der Waals surface area contributed by atoms with Gasteiger partial charge in [-0.3, -0.25) is 0 Å². The lowest BCUT2D eigenvalue weighted by molar-refractivity contribution is 0.949. The molecule has 1 heterocycles. The first-order valence-electron chi connectivity index (χ1n) is 3.86. The van der Waals surface area contributed by atoms with E-state index in [1.807, 2.05) is 0 Å². The van der Waals surface area contributed by atoms with Gasteiger partial charge in [0.15, 0.2) is 0 Å². The van der Waals surface area contributed by atoms with Gasteiger partial charge in [-0.05, 0) is 25.2 Å². The van der Waals surface area contributed by atoms with Crippen molar-refractivity contribution in [1.29, 1.82) is 0 Å². The lowest BCUT2D eigenvalue weighted by Gasteiger charge is -2.24. The molecule has 0 N–H and O–H groups in total. The van der Waals surface area contributed by atoms with Crippen LogP contribution < -0.4 is 0 Å². The van der Waals surface area contributed by atoms with E-state index in [0.717, 1.165) is 0 Å². The predicted octanol–water partition coefficient (Wildman–Crippen LogP) is 3.10. The molecule has 1 rings (SSSR count). The van der Waals surface area contributed by atoms with Crippen molar-refractivity contribution in [3.05, 3.63) is 0 Å². The molecular weight excluding hydrogens is 143 g/mol. The quantitative estimate of drug-likeness (QED) is 0.408. The smallest absolute Gasteiger partial charge is 0.0719 e. The fraction of sp³-hybridized carbons (Fsp3) is 1.00. The molecule has 0 saturated carbocycles. The van der Waals surface area contributed by atoms with Crippen molar-refractivity contribution in [2.45, 2.75) is 32.5 Å². The van der Waals surface area contributed by atoms with Crippen LogP contribution in [0.2, 0.25) is 19.6 Å². The monoisotopic (exact) mass is 160 g/mol. The Balaban J connectivity index is 2.42. The number of hydrogen-bond donors (Lipinski definition) is 0. The number of rotatable bonds is 1. The summed E-state index contributed by atoms with van der Waals surface area (Å²) < 4.78 is 0. The second-order valence-corrected chi connectivity index (χ2v) is 16.1. The van der Waals surface area contributed by atoms with Gasteiger partial charge in [0.25, 0.3) is 0 Å².